The van der Waals surface area contributed by atoms with Crippen molar-refractivity contribution in [3.05, 3.63) is 53.1 Å². The standard InChI is InChI=1S/C34H48N4O3/c1-5-38(29-12-16-41-17-13-29)32-20-28(27-10-8-26(9-11-27)22-37-14-6-7-15-37)19-30(25(32)4)33(39)35-21-31-23(2)18-24(3)36-34(31)40/h8-11,19-20,23-24,29,31H,5-7,12-18,21-22H2,1-4H3,(H,35,39)(H,36,40). The number of likely N-dealkylation sites (tertiary alicyclic amines) is 1. The van der Waals surface area contributed by atoms with E-state index in [0.29, 0.717) is 18.2 Å². The van der Waals surface area contributed by atoms with Crippen molar-refractivity contribution in [1.82, 2.24) is 15.5 Å². The van der Waals surface area contributed by atoms with Gasteiger partial charge in [-0.25, -0.2) is 0 Å². The number of hydrogen-bond donors (Lipinski definition) is 2. The normalized spacial score (nSPS) is 23.8. The van der Waals surface area contributed by atoms with Gasteiger partial charge >= 0.3 is 0 Å². The van der Waals surface area contributed by atoms with Crippen LogP contribution in [0.4, 0.5) is 5.69 Å². The van der Waals surface area contributed by atoms with Crippen LogP contribution in [0.3, 0.4) is 0 Å². The van der Waals surface area contributed by atoms with Crippen molar-refractivity contribution in [2.24, 2.45) is 11.8 Å². The van der Waals surface area contributed by atoms with Gasteiger partial charge in [-0.3, -0.25) is 14.5 Å². The molecule has 3 fully saturated rings. The van der Waals surface area contributed by atoms with Gasteiger partial charge in [0.25, 0.3) is 5.91 Å². The van der Waals surface area contributed by atoms with Gasteiger partial charge in [0.2, 0.25) is 5.91 Å². The Kier molecular flexibility index (Phi) is 9.66. The molecular formula is C34H48N4O3. The maximum Gasteiger partial charge on any atom is 0.251 e. The van der Waals surface area contributed by atoms with E-state index in [1.165, 1.54) is 31.5 Å². The van der Waals surface area contributed by atoms with Crippen LogP contribution in [-0.2, 0) is 16.1 Å². The summed E-state index contributed by atoms with van der Waals surface area (Å²) < 4.78 is 5.66. The lowest BCUT2D eigenvalue weighted by atomic mass is 9.84. The van der Waals surface area contributed by atoms with Crippen LogP contribution in [0.25, 0.3) is 11.1 Å². The number of carbonyl (C=O) groups is 2. The number of rotatable bonds is 9. The molecule has 3 aliphatic heterocycles. The highest BCUT2D eigenvalue weighted by Gasteiger charge is 2.33. The minimum atomic E-state index is -0.212. The quantitative estimate of drug-likeness (QED) is 0.444. The molecule has 3 aliphatic rings. The highest BCUT2D eigenvalue weighted by molar-refractivity contribution is 5.99. The van der Waals surface area contributed by atoms with E-state index >= 15 is 0 Å². The van der Waals surface area contributed by atoms with Crippen molar-refractivity contribution in [2.45, 2.75) is 78.4 Å². The Morgan fingerprint density at radius 1 is 1.07 bits per heavy atom. The molecule has 41 heavy (non-hydrogen) atoms. The molecule has 0 aliphatic carbocycles. The lowest BCUT2D eigenvalue weighted by Gasteiger charge is -2.37. The smallest absolute Gasteiger partial charge is 0.251 e. The van der Waals surface area contributed by atoms with Gasteiger partial charge in [-0.2, -0.15) is 0 Å². The van der Waals surface area contributed by atoms with E-state index in [2.05, 4.69) is 71.5 Å². The molecule has 0 radical (unpaired) electrons. The molecule has 2 amide bonds. The first-order valence-electron chi connectivity index (χ1n) is 15.7. The fourth-order valence-electron chi connectivity index (χ4n) is 7.00. The van der Waals surface area contributed by atoms with Crippen molar-refractivity contribution in [3.63, 3.8) is 0 Å². The minimum absolute atomic E-state index is 0.0356. The van der Waals surface area contributed by atoms with E-state index in [9.17, 15) is 9.59 Å². The Labute approximate surface area is 246 Å². The number of nitrogens with zero attached hydrogens (tertiary/aromatic N) is 2. The van der Waals surface area contributed by atoms with E-state index in [1.54, 1.807) is 0 Å². The maximum atomic E-state index is 13.8. The number of amides is 2. The van der Waals surface area contributed by atoms with Crippen LogP contribution in [0.2, 0.25) is 0 Å². The number of hydrogen-bond acceptors (Lipinski definition) is 5. The predicted octanol–water partition coefficient (Wildman–Crippen LogP) is 5.15. The average Bonchev–Trinajstić information content (AvgIpc) is 3.48. The third-order valence-corrected chi connectivity index (χ3v) is 9.42. The summed E-state index contributed by atoms with van der Waals surface area (Å²) >= 11 is 0. The van der Waals surface area contributed by atoms with Crippen LogP contribution < -0.4 is 15.5 Å². The molecule has 222 valence electrons. The number of benzene rings is 2. The molecule has 2 aromatic carbocycles. The Bertz CT molecular complexity index is 1200. The van der Waals surface area contributed by atoms with Gasteiger partial charge < -0.3 is 20.3 Å². The largest absolute Gasteiger partial charge is 0.381 e. The predicted molar refractivity (Wildman–Crippen MR) is 165 cm³/mol. The monoisotopic (exact) mass is 560 g/mol. The summed E-state index contributed by atoms with van der Waals surface area (Å²) in [6, 6.07) is 13.7. The molecule has 7 nitrogen and oxygen atoms in total. The van der Waals surface area contributed by atoms with Crippen LogP contribution in [0.5, 0.6) is 0 Å². The van der Waals surface area contributed by atoms with E-state index in [1.807, 2.05) is 13.0 Å². The summed E-state index contributed by atoms with van der Waals surface area (Å²) in [5, 5.41) is 6.18. The zero-order valence-corrected chi connectivity index (χ0v) is 25.4. The molecule has 3 heterocycles. The summed E-state index contributed by atoms with van der Waals surface area (Å²) in [5.41, 5.74) is 6.27. The third-order valence-electron chi connectivity index (χ3n) is 9.42. The molecule has 5 rings (SSSR count). The van der Waals surface area contributed by atoms with Crippen molar-refractivity contribution >= 4 is 17.5 Å². The highest BCUT2D eigenvalue weighted by Crippen LogP contribution is 2.34. The molecule has 2 aromatic rings. The van der Waals surface area contributed by atoms with Crippen LogP contribution >= 0.6 is 0 Å². The van der Waals surface area contributed by atoms with Crippen molar-refractivity contribution in [3.8, 4) is 11.1 Å². The molecule has 0 bridgehead atoms. The first-order chi connectivity index (χ1) is 19.8. The molecule has 3 unspecified atom stereocenters. The van der Waals surface area contributed by atoms with Crippen molar-refractivity contribution in [1.29, 1.82) is 0 Å². The maximum absolute atomic E-state index is 13.8. The SMILES string of the molecule is CCN(c1cc(-c2ccc(CN3CCCC3)cc2)cc(C(=O)NCC2C(=O)NC(C)CC2C)c1C)C1CCOCC1. The first kappa shape index (κ1) is 29.6. The summed E-state index contributed by atoms with van der Waals surface area (Å²) in [7, 11) is 0. The fourth-order valence-corrected chi connectivity index (χ4v) is 7.00. The topological polar surface area (TPSA) is 73.9 Å². The second-order valence-corrected chi connectivity index (χ2v) is 12.4. The molecule has 3 atom stereocenters. The van der Waals surface area contributed by atoms with Gasteiger partial charge in [-0.05, 0) is 106 Å². The lowest BCUT2D eigenvalue weighted by molar-refractivity contribution is -0.129. The minimum Gasteiger partial charge on any atom is -0.381 e. The molecule has 0 saturated carbocycles. The highest BCUT2D eigenvalue weighted by atomic mass is 16.5. The average molecular weight is 561 g/mol. The van der Waals surface area contributed by atoms with Gasteiger partial charge in [0.1, 0.15) is 0 Å². The van der Waals surface area contributed by atoms with E-state index in [-0.39, 0.29) is 29.7 Å². The molecular weight excluding hydrogens is 512 g/mol. The van der Waals surface area contributed by atoms with E-state index < -0.39 is 0 Å². The van der Waals surface area contributed by atoms with Gasteiger partial charge in [-0.1, -0.05) is 31.2 Å². The van der Waals surface area contributed by atoms with Crippen LogP contribution in [-0.4, -0.2) is 68.2 Å². The van der Waals surface area contributed by atoms with E-state index in [4.69, 9.17) is 4.74 Å². The lowest BCUT2D eigenvalue weighted by Crippen LogP contribution is -2.50. The first-order valence-corrected chi connectivity index (χ1v) is 15.7. The Balaban J connectivity index is 1.43. The number of piperidine rings is 1. The summed E-state index contributed by atoms with van der Waals surface area (Å²) in [4.78, 5) is 31.4. The zero-order chi connectivity index (χ0) is 28.9. The number of nitrogens with one attached hydrogen (secondary N) is 2. The fraction of sp³-hybridized carbons (Fsp3) is 0.588. The second-order valence-electron chi connectivity index (χ2n) is 12.4. The summed E-state index contributed by atoms with van der Waals surface area (Å²) in [5.74, 6) is -0.0628. The summed E-state index contributed by atoms with van der Waals surface area (Å²) in [6.45, 7) is 14.5. The molecule has 7 heteroatoms. The van der Waals surface area contributed by atoms with Gasteiger partial charge in [0.05, 0.1) is 5.92 Å². The van der Waals surface area contributed by atoms with Crippen LogP contribution in [0.15, 0.2) is 36.4 Å². The van der Waals surface area contributed by atoms with Crippen LogP contribution in [0, 0.1) is 18.8 Å². The van der Waals surface area contributed by atoms with Crippen molar-refractivity contribution < 1.29 is 14.3 Å². The number of carbonyl (C=O) groups excluding carboxylic acids is 2. The Morgan fingerprint density at radius 2 is 1.78 bits per heavy atom. The molecule has 2 N–H and O–H groups in total. The summed E-state index contributed by atoms with van der Waals surface area (Å²) in [6.07, 6.45) is 5.48. The van der Waals surface area contributed by atoms with E-state index in [0.717, 1.165) is 67.9 Å². The Hall–Kier alpha value is -2.90. The Morgan fingerprint density at radius 3 is 2.44 bits per heavy atom. The molecule has 3 saturated heterocycles. The molecule has 0 aromatic heterocycles. The zero-order valence-electron chi connectivity index (χ0n) is 25.4. The van der Waals surface area contributed by atoms with Gasteiger partial charge in [0.15, 0.2) is 0 Å². The number of anilines is 1. The van der Waals surface area contributed by atoms with Crippen molar-refractivity contribution in [2.75, 3.05) is 44.3 Å². The molecule has 0 spiro atoms. The van der Waals surface area contributed by atoms with Gasteiger partial charge in [0, 0.05) is 56.2 Å². The van der Waals surface area contributed by atoms with Crippen LogP contribution in [0.1, 0.15) is 74.4 Å². The third kappa shape index (κ3) is 6.95. The van der Waals surface area contributed by atoms with Gasteiger partial charge in [-0.15, -0.1) is 0 Å². The number of ether oxygens (including phenoxy) is 1. The second kappa shape index (κ2) is 13.4.